The number of carbonyl (C=O) groups excluding carboxylic acids is 1. The van der Waals surface area contributed by atoms with Crippen LogP contribution in [0.3, 0.4) is 0 Å². The minimum Gasteiger partial charge on any atom is -0.480 e. The molecule has 1 N–H and O–H groups in total. The van der Waals surface area contributed by atoms with Crippen LogP contribution >= 0.6 is 0 Å². The van der Waals surface area contributed by atoms with Crippen LogP contribution in [0.1, 0.15) is 6.92 Å². The first-order valence-corrected chi connectivity index (χ1v) is 5.65. The number of carboxylic acids is 1. The van der Waals surface area contributed by atoms with Gasteiger partial charge in [-0.3, -0.25) is 4.79 Å². The first-order valence-electron chi connectivity index (χ1n) is 5.65. The van der Waals surface area contributed by atoms with Crippen LogP contribution in [0.4, 0.5) is 0 Å². The average molecular weight is 244 g/mol. The number of likely N-dealkylation sites (tertiary alicyclic amines) is 1. The van der Waals surface area contributed by atoms with Crippen molar-refractivity contribution in [2.75, 3.05) is 40.4 Å². The van der Waals surface area contributed by atoms with Crippen LogP contribution in [-0.4, -0.2) is 73.2 Å². The lowest BCUT2D eigenvalue weighted by atomic mass is 10.1. The van der Waals surface area contributed by atoms with Gasteiger partial charge in [0.1, 0.15) is 13.2 Å². The molecule has 0 aliphatic carbocycles. The SMILES string of the molecule is CC1CN(C(=O)COCC(=O)O)CC1N(C)C. The maximum atomic E-state index is 11.7. The largest absolute Gasteiger partial charge is 0.480 e. The number of hydrogen-bond donors (Lipinski definition) is 1. The lowest BCUT2D eigenvalue weighted by Gasteiger charge is -2.22. The van der Waals surface area contributed by atoms with Gasteiger partial charge in [-0.15, -0.1) is 0 Å². The van der Waals surface area contributed by atoms with E-state index in [1.54, 1.807) is 4.90 Å². The fraction of sp³-hybridized carbons (Fsp3) is 0.818. The molecule has 0 aromatic carbocycles. The van der Waals surface area contributed by atoms with E-state index in [1.165, 1.54) is 0 Å². The summed E-state index contributed by atoms with van der Waals surface area (Å²) >= 11 is 0. The predicted octanol–water partition coefficient (Wildman–Crippen LogP) is -0.504. The normalized spacial score (nSPS) is 24.4. The third-order valence-corrected chi connectivity index (χ3v) is 3.04. The smallest absolute Gasteiger partial charge is 0.329 e. The Balaban J connectivity index is 2.37. The minimum absolute atomic E-state index is 0.137. The van der Waals surface area contributed by atoms with E-state index in [-0.39, 0.29) is 12.5 Å². The highest BCUT2D eigenvalue weighted by Gasteiger charge is 2.33. The maximum absolute atomic E-state index is 11.7. The molecule has 2 unspecified atom stereocenters. The molecule has 1 aliphatic rings. The van der Waals surface area contributed by atoms with Crippen molar-refractivity contribution >= 4 is 11.9 Å². The molecule has 2 atom stereocenters. The van der Waals surface area contributed by atoms with E-state index in [1.807, 2.05) is 14.1 Å². The molecule has 1 fully saturated rings. The molecule has 6 nitrogen and oxygen atoms in total. The van der Waals surface area contributed by atoms with E-state index < -0.39 is 12.6 Å². The number of amides is 1. The number of likely N-dealkylation sites (N-methyl/N-ethyl adjacent to an activating group) is 1. The Morgan fingerprint density at radius 3 is 2.47 bits per heavy atom. The second kappa shape index (κ2) is 5.97. The molecule has 0 aromatic heterocycles. The number of nitrogens with zero attached hydrogens (tertiary/aromatic N) is 2. The van der Waals surface area contributed by atoms with Crippen molar-refractivity contribution in [2.45, 2.75) is 13.0 Å². The number of carbonyl (C=O) groups is 2. The van der Waals surface area contributed by atoms with Gasteiger partial charge in [0.15, 0.2) is 0 Å². The van der Waals surface area contributed by atoms with Gasteiger partial charge in [0, 0.05) is 19.1 Å². The van der Waals surface area contributed by atoms with Crippen LogP contribution in [0.5, 0.6) is 0 Å². The van der Waals surface area contributed by atoms with Crippen LogP contribution in [0.25, 0.3) is 0 Å². The average Bonchev–Trinajstić information content (AvgIpc) is 2.59. The number of hydrogen-bond acceptors (Lipinski definition) is 4. The number of aliphatic carboxylic acids is 1. The third kappa shape index (κ3) is 3.98. The quantitative estimate of drug-likeness (QED) is 0.706. The van der Waals surface area contributed by atoms with Crippen molar-refractivity contribution in [2.24, 2.45) is 5.92 Å². The summed E-state index contributed by atoms with van der Waals surface area (Å²) < 4.78 is 4.80. The Morgan fingerprint density at radius 2 is 2.00 bits per heavy atom. The first-order chi connectivity index (χ1) is 7.91. The number of carboxylic acid groups (broad SMARTS) is 1. The van der Waals surface area contributed by atoms with Gasteiger partial charge in [-0.25, -0.2) is 4.79 Å². The Morgan fingerprint density at radius 1 is 1.35 bits per heavy atom. The second-order valence-electron chi connectivity index (χ2n) is 4.69. The fourth-order valence-electron chi connectivity index (χ4n) is 2.14. The van der Waals surface area contributed by atoms with Gasteiger partial charge < -0.3 is 19.6 Å². The van der Waals surface area contributed by atoms with Gasteiger partial charge in [0.05, 0.1) is 0 Å². The molecule has 1 aliphatic heterocycles. The summed E-state index contributed by atoms with van der Waals surface area (Å²) in [5, 5.41) is 8.39. The fourth-order valence-corrected chi connectivity index (χ4v) is 2.14. The van der Waals surface area contributed by atoms with E-state index in [9.17, 15) is 9.59 Å². The van der Waals surface area contributed by atoms with Crippen LogP contribution in [0.2, 0.25) is 0 Å². The Kier molecular flexibility index (Phi) is 4.89. The molecule has 1 amide bonds. The highest BCUT2D eigenvalue weighted by atomic mass is 16.5. The molecule has 0 spiro atoms. The van der Waals surface area contributed by atoms with Crippen molar-refractivity contribution in [1.82, 2.24) is 9.80 Å². The topological polar surface area (TPSA) is 70.1 Å². The molecule has 1 heterocycles. The predicted molar refractivity (Wildman–Crippen MR) is 61.7 cm³/mol. The van der Waals surface area contributed by atoms with Crippen molar-refractivity contribution in [3.05, 3.63) is 0 Å². The summed E-state index contributed by atoms with van der Waals surface area (Å²) in [4.78, 5) is 25.8. The lowest BCUT2D eigenvalue weighted by molar-refractivity contribution is -0.145. The molecule has 0 radical (unpaired) electrons. The lowest BCUT2D eigenvalue weighted by Crippen LogP contribution is -2.37. The molecule has 0 aromatic rings. The van der Waals surface area contributed by atoms with Gasteiger partial charge in [-0.05, 0) is 20.0 Å². The molecule has 6 heteroatoms. The summed E-state index contributed by atoms with van der Waals surface area (Å²) in [6.45, 7) is 2.92. The number of ether oxygens (including phenoxy) is 1. The second-order valence-corrected chi connectivity index (χ2v) is 4.69. The van der Waals surface area contributed by atoms with Crippen molar-refractivity contribution in [3.63, 3.8) is 0 Å². The van der Waals surface area contributed by atoms with Gasteiger partial charge in [-0.2, -0.15) is 0 Å². The van der Waals surface area contributed by atoms with Crippen LogP contribution in [-0.2, 0) is 14.3 Å². The van der Waals surface area contributed by atoms with E-state index in [0.717, 1.165) is 0 Å². The molecular weight excluding hydrogens is 224 g/mol. The molecule has 1 saturated heterocycles. The molecule has 0 saturated carbocycles. The number of rotatable bonds is 5. The zero-order valence-electron chi connectivity index (χ0n) is 10.5. The van der Waals surface area contributed by atoms with Gasteiger partial charge >= 0.3 is 5.97 Å². The molecule has 98 valence electrons. The van der Waals surface area contributed by atoms with Gasteiger partial charge in [0.25, 0.3) is 0 Å². The Bertz CT molecular complexity index is 293. The maximum Gasteiger partial charge on any atom is 0.329 e. The van der Waals surface area contributed by atoms with Crippen molar-refractivity contribution in [1.29, 1.82) is 0 Å². The van der Waals surface area contributed by atoms with Crippen LogP contribution in [0, 0.1) is 5.92 Å². The molecule has 17 heavy (non-hydrogen) atoms. The zero-order chi connectivity index (χ0) is 13.0. The Labute approximate surface area is 101 Å². The van der Waals surface area contributed by atoms with Crippen molar-refractivity contribution < 1.29 is 19.4 Å². The van der Waals surface area contributed by atoms with Gasteiger partial charge in [0.2, 0.25) is 5.91 Å². The summed E-state index contributed by atoms with van der Waals surface area (Å²) in [6, 6.07) is 0.360. The van der Waals surface area contributed by atoms with E-state index in [4.69, 9.17) is 9.84 Å². The van der Waals surface area contributed by atoms with Crippen molar-refractivity contribution in [3.8, 4) is 0 Å². The Hall–Kier alpha value is -1.14. The zero-order valence-corrected chi connectivity index (χ0v) is 10.5. The van der Waals surface area contributed by atoms with Gasteiger partial charge in [-0.1, -0.05) is 6.92 Å². The molecule has 0 bridgehead atoms. The molecular formula is C11H20N2O4. The summed E-state index contributed by atoms with van der Waals surface area (Å²) in [7, 11) is 3.99. The van der Waals surface area contributed by atoms with E-state index in [2.05, 4.69) is 11.8 Å². The highest BCUT2D eigenvalue weighted by Crippen LogP contribution is 2.19. The van der Waals surface area contributed by atoms with Crippen LogP contribution < -0.4 is 0 Å². The van der Waals surface area contributed by atoms with E-state index >= 15 is 0 Å². The van der Waals surface area contributed by atoms with Crippen LogP contribution in [0.15, 0.2) is 0 Å². The summed E-state index contributed by atoms with van der Waals surface area (Å²) in [5.74, 6) is -0.769. The third-order valence-electron chi connectivity index (χ3n) is 3.04. The first kappa shape index (κ1) is 13.9. The summed E-state index contributed by atoms with van der Waals surface area (Å²) in [5.41, 5.74) is 0. The molecule has 1 rings (SSSR count). The van der Waals surface area contributed by atoms with E-state index in [0.29, 0.717) is 25.0 Å². The standard InChI is InChI=1S/C11H20N2O4/c1-8-4-13(5-9(8)12(2)3)10(14)6-17-7-11(15)16/h8-9H,4-7H2,1-3H3,(H,15,16). The monoisotopic (exact) mass is 244 g/mol. The minimum atomic E-state index is -1.06. The summed E-state index contributed by atoms with van der Waals surface area (Å²) in [6.07, 6.45) is 0. The highest BCUT2D eigenvalue weighted by molar-refractivity contribution is 5.78.